The highest BCUT2D eigenvalue weighted by atomic mass is 35.5. The molecular weight excluding hydrogens is 411 g/mol. The van der Waals surface area contributed by atoms with Crippen LogP contribution in [0.5, 0.6) is 5.75 Å². The number of rotatable bonds is 6. The number of halogens is 2. The molecule has 0 spiro atoms. The first-order chi connectivity index (χ1) is 13.9. The number of hydrogen-bond acceptors (Lipinski definition) is 3. The lowest BCUT2D eigenvalue weighted by atomic mass is 10.2. The van der Waals surface area contributed by atoms with E-state index < -0.39 is 12.0 Å². The van der Waals surface area contributed by atoms with Crippen LogP contribution in [-0.4, -0.2) is 17.9 Å². The maximum Gasteiger partial charge on any atom is 0.265 e. The molecule has 29 heavy (non-hydrogen) atoms. The molecule has 3 rings (SSSR count). The molecule has 0 saturated carbocycles. The van der Waals surface area contributed by atoms with Crippen LogP contribution in [0.2, 0.25) is 10.0 Å². The van der Waals surface area contributed by atoms with E-state index in [9.17, 15) is 9.59 Å². The van der Waals surface area contributed by atoms with E-state index in [1.54, 1.807) is 67.6 Å². The summed E-state index contributed by atoms with van der Waals surface area (Å²) in [4.78, 5) is 25.0. The van der Waals surface area contributed by atoms with Gasteiger partial charge in [-0.25, -0.2) is 0 Å². The van der Waals surface area contributed by atoms with Crippen LogP contribution < -0.4 is 15.4 Å². The van der Waals surface area contributed by atoms with Gasteiger partial charge in [-0.05, 0) is 49.4 Å². The van der Waals surface area contributed by atoms with Crippen LogP contribution in [-0.2, 0) is 4.79 Å². The highest BCUT2D eigenvalue weighted by Crippen LogP contribution is 2.29. The number of carbonyl (C=O) groups is 2. The van der Waals surface area contributed by atoms with Crippen LogP contribution >= 0.6 is 23.2 Å². The third-order valence-electron chi connectivity index (χ3n) is 4.04. The van der Waals surface area contributed by atoms with Crippen LogP contribution in [0.4, 0.5) is 11.4 Å². The Morgan fingerprint density at radius 1 is 0.862 bits per heavy atom. The Bertz CT molecular complexity index is 1030. The molecule has 148 valence electrons. The van der Waals surface area contributed by atoms with Crippen LogP contribution in [0.15, 0.2) is 72.8 Å². The van der Waals surface area contributed by atoms with Crippen molar-refractivity contribution in [1.29, 1.82) is 0 Å². The average Bonchev–Trinajstić information content (AvgIpc) is 2.72. The van der Waals surface area contributed by atoms with Gasteiger partial charge in [0.25, 0.3) is 11.8 Å². The van der Waals surface area contributed by atoms with Crippen molar-refractivity contribution in [1.82, 2.24) is 0 Å². The lowest BCUT2D eigenvalue weighted by Gasteiger charge is -2.17. The van der Waals surface area contributed by atoms with Crippen LogP contribution in [0, 0.1) is 0 Å². The van der Waals surface area contributed by atoms with E-state index in [2.05, 4.69) is 10.6 Å². The first-order valence-electron chi connectivity index (χ1n) is 8.82. The van der Waals surface area contributed by atoms with Gasteiger partial charge in [0.05, 0.1) is 16.4 Å². The third-order valence-corrected chi connectivity index (χ3v) is 4.57. The minimum absolute atomic E-state index is 0.274. The van der Waals surface area contributed by atoms with E-state index in [1.807, 2.05) is 6.07 Å². The summed E-state index contributed by atoms with van der Waals surface area (Å²) in [6.45, 7) is 1.60. The van der Waals surface area contributed by atoms with Gasteiger partial charge in [0.15, 0.2) is 6.10 Å². The summed E-state index contributed by atoms with van der Waals surface area (Å²) in [5.74, 6) is -0.314. The van der Waals surface area contributed by atoms with E-state index in [0.29, 0.717) is 32.7 Å². The zero-order valence-corrected chi connectivity index (χ0v) is 17.0. The van der Waals surface area contributed by atoms with Gasteiger partial charge in [-0.3, -0.25) is 9.59 Å². The molecule has 0 aliphatic rings. The van der Waals surface area contributed by atoms with Crippen molar-refractivity contribution in [2.24, 2.45) is 0 Å². The molecule has 2 N–H and O–H groups in total. The Kier molecular flexibility index (Phi) is 6.75. The number of anilines is 2. The van der Waals surface area contributed by atoms with E-state index in [4.69, 9.17) is 27.9 Å². The average molecular weight is 429 g/mol. The lowest BCUT2D eigenvalue weighted by molar-refractivity contribution is -0.122. The van der Waals surface area contributed by atoms with Gasteiger partial charge >= 0.3 is 0 Å². The number of amides is 2. The molecular formula is C22H18Cl2N2O3. The minimum atomic E-state index is -0.827. The topological polar surface area (TPSA) is 67.4 Å². The number of benzene rings is 3. The fraction of sp³-hybridized carbons (Fsp3) is 0.0909. The number of para-hydroxylation sites is 2. The molecule has 0 heterocycles. The Hall–Kier alpha value is -3.02. The summed E-state index contributed by atoms with van der Waals surface area (Å²) < 4.78 is 5.63. The number of carbonyl (C=O) groups excluding carboxylic acids is 2. The molecule has 5 nitrogen and oxygen atoms in total. The summed E-state index contributed by atoms with van der Waals surface area (Å²) in [6.07, 6.45) is -0.827. The molecule has 0 saturated heterocycles. The van der Waals surface area contributed by atoms with Crippen molar-refractivity contribution < 1.29 is 14.3 Å². The molecule has 2 amide bonds. The van der Waals surface area contributed by atoms with Crippen LogP contribution in [0.1, 0.15) is 17.3 Å². The fourth-order valence-electron chi connectivity index (χ4n) is 2.53. The zero-order chi connectivity index (χ0) is 20.8. The molecule has 1 unspecified atom stereocenters. The quantitative estimate of drug-likeness (QED) is 0.532. The lowest BCUT2D eigenvalue weighted by Crippen LogP contribution is -2.30. The zero-order valence-electron chi connectivity index (χ0n) is 15.5. The molecule has 0 aromatic heterocycles. The first-order valence-corrected chi connectivity index (χ1v) is 9.57. The molecule has 0 aliphatic carbocycles. The number of nitrogens with one attached hydrogen (secondary N) is 2. The van der Waals surface area contributed by atoms with Crippen molar-refractivity contribution in [3.05, 3.63) is 88.4 Å². The van der Waals surface area contributed by atoms with Gasteiger partial charge in [0.2, 0.25) is 0 Å². The van der Waals surface area contributed by atoms with Gasteiger partial charge in [0, 0.05) is 10.6 Å². The molecule has 3 aromatic rings. The van der Waals surface area contributed by atoms with Gasteiger partial charge in [0.1, 0.15) is 5.75 Å². The van der Waals surface area contributed by atoms with Crippen LogP contribution in [0.25, 0.3) is 0 Å². The maximum atomic E-state index is 12.6. The molecule has 7 heteroatoms. The second-order valence-corrected chi connectivity index (χ2v) is 7.03. The molecule has 3 aromatic carbocycles. The van der Waals surface area contributed by atoms with E-state index in [1.165, 1.54) is 6.07 Å². The summed E-state index contributed by atoms with van der Waals surface area (Å²) in [5, 5.41) is 6.36. The second kappa shape index (κ2) is 9.45. The summed E-state index contributed by atoms with van der Waals surface area (Å²) >= 11 is 12.0. The van der Waals surface area contributed by atoms with E-state index in [-0.39, 0.29) is 5.91 Å². The van der Waals surface area contributed by atoms with Gasteiger partial charge in [-0.1, -0.05) is 53.5 Å². The summed E-state index contributed by atoms with van der Waals surface area (Å²) in [5.41, 5.74) is 1.45. The predicted octanol–water partition coefficient (Wildman–Crippen LogP) is 5.65. The maximum absolute atomic E-state index is 12.6. The van der Waals surface area contributed by atoms with Crippen LogP contribution in [0.3, 0.4) is 0 Å². The Balaban J connectivity index is 1.69. The monoisotopic (exact) mass is 428 g/mol. The van der Waals surface area contributed by atoms with Crippen molar-refractivity contribution in [2.45, 2.75) is 13.0 Å². The summed E-state index contributed by atoms with van der Waals surface area (Å²) in [6, 6.07) is 20.5. The van der Waals surface area contributed by atoms with Crippen molar-refractivity contribution in [2.75, 3.05) is 10.6 Å². The highest BCUT2D eigenvalue weighted by molar-refractivity contribution is 6.35. The predicted molar refractivity (Wildman–Crippen MR) is 116 cm³/mol. The number of ether oxygens (including phenoxy) is 1. The van der Waals surface area contributed by atoms with E-state index >= 15 is 0 Å². The third kappa shape index (κ3) is 5.50. The van der Waals surface area contributed by atoms with Crippen molar-refractivity contribution in [3.8, 4) is 5.75 Å². The first kappa shape index (κ1) is 20.7. The molecule has 0 bridgehead atoms. The van der Waals surface area contributed by atoms with Gasteiger partial charge in [-0.15, -0.1) is 0 Å². The summed E-state index contributed by atoms with van der Waals surface area (Å²) in [7, 11) is 0. The Morgan fingerprint density at radius 3 is 2.14 bits per heavy atom. The van der Waals surface area contributed by atoms with Gasteiger partial charge < -0.3 is 15.4 Å². The smallest absolute Gasteiger partial charge is 0.265 e. The standard InChI is InChI=1S/C22H18Cl2N2O3/c1-14(29-20-12-11-16(23)13-17(20)24)21(27)25-18-9-5-6-10-19(18)26-22(28)15-7-3-2-4-8-15/h2-14H,1H3,(H,25,27)(H,26,28). The highest BCUT2D eigenvalue weighted by Gasteiger charge is 2.18. The SMILES string of the molecule is CC(Oc1ccc(Cl)cc1Cl)C(=O)Nc1ccccc1NC(=O)c1ccccc1. The molecule has 0 radical (unpaired) electrons. The Labute approximate surface area is 178 Å². The van der Waals surface area contributed by atoms with Crippen molar-refractivity contribution >= 4 is 46.4 Å². The molecule has 1 atom stereocenters. The molecule has 0 aliphatic heterocycles. The van der Waals surface area contributed by atoms with Crippen molar-refractivity contribution in [3.63, 3.8) is 0 Å². The second-order valence-electron chi connectivity index (χ2n) is 6.19. The minimum Gasteiger partial charge on any atom is -0.479 e. The Morgan fingerprint density at radius 2 is 1.48 bits per heavy atom. The van der Waals surface area contributed by atoms with E-state index in [0.717, 1.165) is 0 Å². The largest absolute Gasteiger partial charge is 0.479 e. The normalized spacial score (nSPS) is 11.4. The number of hydrogen-bond donors (Lipinski definition) is 2. The van der Waals surface area contributed by atoms with Gasteiger partial charge in [-0.2, -0.15) is 0 Å². The molecule has 0 fully saturated rings. The fourth-order valence-corrected chi connectivity index (χ4v) is 2.99.